The van der Waals surface area contributed by atoms with E-state index in [1.165, 1.54) is 19.9 Å². The molecule has 0 aromatic heterocycles. The summed E-state index contributed by atoms with van der Waals surface area (Å²) < 4.78 is 63.0. The van der Waals surface area contributed by atoms with Crippen molar-refractivity contribution in [1.82, 2.24) is 10.6 Å². The first-order valence-electron chi connectivity index (χ1n) is 9.33. The van der Waals surface area contributed by atoms with E-state index in [4.69, 9.17) is 0 Å². The summed E-state index contributed by atoms with van der Waals surface area (Å²) >= 11 is 0. The van der Waals surface area contributed by atoms with Gasteiger partial charge in [-0.2, -0.15) is 13.2 Å². The first-order valence-corrected chi connectivity index (χ1v) is 10.8. The molecule has 0 radical (unpaired) electrons. The van der Waals surface area contributed by atoms with E-state index in [1.807, 2.05) is 0 Å². The van der Waals surface area contributed by atoms with Gasteiger partial charge in [0.25, 0.3) is 0 Å². The van der Waals surface area contributed by atoms with E-state index in [0.29, 0.717) is 18.4 Å². The summed E-state index contributed by atoms with van der Waals surface area (Å²) in [6, 6.07) is 3.76. The maximum atomic E-state index is 12.9. The molecule has 0 atom stereocenters. The lowest BCUT2D eigenvalue weighted by Gasteiger charge is -2.26. The number of nitrogens with one attached hydrogen (secondary N) is 2. The van der Waals surface area contributed by atoms with E-state index in [9.17, 15) is 26.4 Å². The van der Waals surface area contributed by atoms with E-state index >= 15 is 0 Å². The number of carbonyl (C=O) groups excluding carboxylic acids is 1. The van der Waals surface area contributed by atoms with Crippen LogP contribution >= 0.6 is 0 Å². The molecule has 28 heavy (non-hydrogen) atoms. The van der Waals surface area contributed by atoms with Crippen LogP contribution in [0.1, 0.15) is 45.1 Å². The predicted molar refractivity (Wildman–Crippen MR) is 101 cm³/mol. The lowest BCUT2D eigenvalue weighted by Crippen LogP contribution is -2.38. The van der Waals surface area contributed by atoms with Gasteiger partial charge in [0.05, 0.1) is 15.2 Å². The van der Waals surface area contributed by atoms with Gasteiger partial charge in [-0.25, -0.2) is 8.42 Å². The van der Waals surface area contributed by atoms with Crippen LogP contribution in [0.15, 0.2) is 29.2 Å². The molecule has 158 valence electrons. The standard InChI is InChI=1S/C19H27F3N2O3S/c1-18(2,8-11-24-17(25)12-14-6-9-23-10-7-14)28(26,27)16-5-3-4-15(13-16)19(20,21)22/h3-5,13-14,23H,6-12H2,1-2H3,(H,24,25). The van der Waals surface area contributed by atoms with Crippen molar-refractivity contribution in [2.24, 2.45) is 5.92 Å². The van der Waals surface area contributed by atoms with Crippen molar-refractivity contribution >= 4 is 15.7 Å². The van der Waals surface area contributed by atoms with E-state index < -0.39 is 26.3 Å². The number of benzene rings is 1. The van der Waals surface area contributed by atoms with Crippen molar-refractivity contribution in [2.45, 2.75) is 55.3 Å². The summed E-state index contributed by atoms with van der Waals surface area (Å²) in [5.41, 5.74) is -1.00. The summed E-state index contributed by atoms with van der Waals surface area (Å²) in [6.07, 6.45) is -2.24. The number of alkyl halides is 3. The molecule has 1 aliphatic rings. The van der Waals surface area contributed by atoms with Crippen LogP contribution in [-0.4, -0.2) is 38.7 Å². The number of carbonyl (C=O) groups is 1. The zero-order chi connectivity index (χ0) is 21.0. The van der Waals surface area contributed by atoms with Gasteiger partial charge < -0.3 is 10.6 Å². The van der Waals surface area contributed by atoms with Crippen LogP contribution in [0.3, 0.4) is 0 Å². The highest BCUT2D eigenvalue weighted by molar-refractivity contribution is 7.92. The summed E-state index contributed by atoms with van der Waals surface area (Å²) in [5, 5.41) is 5.97. The van der Waals surface area contributed by atoms with Gasteiger partial charge in [0.15, 0.2) is 9.84 Å². The molecule has 1 amide bonds. The Morgan fingerprint density at radius 3 is 2.46 bits per heavy atom. The molecule has 2 N–H and O–H groups in total. The Kier molecular flexibility index (Phi) is 7.14. The number of piperidine rings is 1. The molecule has 0 saturated carbocycles. The Bertz CT molecular complexity index is 786. The van der Waals surface area contributed by atoms with Crippen LogP contribution in [0, 0.1) is 5.92 Å². The van der Waals surface area contributed by atoms with Crippen LogP contribution in [0.25, 0.3) is 0 Å². The molecule has 1 aliphatic heterocycles. The molecule has 2 rings (SSSR count). The van der Waals surface area contributed by atoms with Crippen molar-refractivity contribution in [2.75, 3.05) is 19.6 Å². The molecule has 0 aliphatic carbocycles. The lowest BCUT2D eigenvalue weighted by atomic mass is 9.94. The van der Waals surface area contributed by atoms with Gasteiger partial charge in [-0.1, -0.05) is 6.07 Å². The molecule has 1 heterocycles. The van der Waals surface area contributed by atoms with Crippen molar-refractivity contribution in [1.29, 1.82) is 0 Å². The van der Waals surface area contributed by atoms with E-state index in [0.717, 1.165) is 38.1 Å². The van der Waals surface area contributed by atoms with Gasteiger partial charge in [0, 0.05) is 13.0 Å². The average molecular weight is 420 g/mol. The number of rotatable bonds is 7. The third-order valence-corrected chi connectivity index (χ3v) is 7.71. The second-order valence-corrected chi connectivity index (χ2v) is 10.4. The quantitative estimate of drug-likeness (QED) is 0.711. The fourth-order valence-corrected chi connectivity index (χ4v) is 4.76. The molecule has 9 heteroatoms. The molecule has 1 saturated heterocycles. The first kappa shape index (κ1) is 22.7. The Hall–Kier alpha value is -1.61. The zero-order valence-electron chi connectivity index (χ0n) is 16.1. The highest BCUT2D eigenvalue weighted by Crippen LogP contribution is 2.34. The van der Waals surface area contributed by atoms with Gasteiger partial charge in [-0.05, 0) is 70.3 Å². The Morgan fingerprint density at radius 1 is 1.21 bits per heavy atom. The smallest absolute Gasteiger partial charge is 0.356 e. The predicted octanol–water partition coefficient (Wildman–Crippen LogP) is 3.15. The minimum absolute atomic E-state index is 0.101. The third-order valence-electron chi connectivity index (χ3n) is 5.18. The third kappa shape index (κ3) is 5.70. The molecule has 0 bridgehead atoms. The van der Waals surface area contributed by atoms with Gasteiger partial charge >= 0.3 is 6.18 Å². The largest absolute Gasteiger partial charge is 0.416 e. The number of hydrogen-bond acceptors (Lipinski definition) is 4. The monoisotopic (exact) mass is 420 g/mol. The van der Waals surface area contributed by atoms with Gasteiger partial charge in [0.1, 0.15) is 0 Å². The fraction of sp³-hybridized carbons (Fsp3) is 0.632. The minimum Gasteiger partial charge on any atom is -0.356 e. The highest BCUT2D eigenvalue weighted by atomic mass is 32.2. The lowest BCUT2D eigenvalue weighted by molar-refractivity contribution is -0.137. The summed E-state index contributed by atoms with van der Waals surface area (Å²) in [7, 11) is -4.01. The molecular formula is C19H27F3N2O3S. The van der Waals surface area contributed by atoms with Gasteiger partial charge in [-0.3, -0.25) is 4.79 Å². The SMILES string of the molecule is CC(C)(CCNC(=O)CC1CCNCC1)S(=O)(=O)c1cccc(C(F)(F)F)c1. The molecule has 0 unspecified atom stereocenters. The molecule has 5 nitrogen and oxygen atoms in total. The number of amides is 1. The maximum Gasteiger partial charge on any atom is 0.416 e. The Morgan fingerprint density at radius 2 is 1.86 bits per heavy atom. The average Bonchev–Trinajstić information content (AvgIpc) is 2.61. The van der Waals surface area contributed by atoms with E-state index in [1.54, 1.807) is 0 Å². The van der Waals surface area contributed by atoms with E-state index in [2.05, 4.69) is 10.6 Å². The first-order chi connectivity index (χ1) is 12.9. The summed E-state index contributed by atoms with van der Waals surface area (Å²) in [4.78, 5) is 11.7. The van der Waals surface area contributed by atoms with Crippen LogP contribution in [-0.2, 0) is 20.8 Å². The maximum absolute atomic E-state index is 12.9. The van der Waals surface area contributed by atoms with E-state index in [-0.39, 0.29) is 23.8 Å². The van der Waals surface area contributed by atoms with Crippen molar-refractivity contribution in [3.8, 4) is 0 Å². The van der Waals surface area contributed by atoms with Crippen LogP contribution < -0.4 is 10.6 Å². The topological polar surface area (TPSA) is 75.3 Å². The van der Waals surface area contributed by atoms with Crippen molar-refractivity contribution in [3.05, 3.63) is 29.8 Å². The number of hydrogen-bond donors (Lipinski definition) is 2. The number of sulfone groups is 1. The highest BCUT2D eigenvalue weighted by Gasteiger charge is 2.37. The number of halogens is 3. The minimum atomic E-state index is -4.61. The molecular weight excluding hydrogens is 393 g/mol. The van der Waals surface area contributed by atoms with Gasteiger partial charge in [0.2, 0.25) is 5.91 Å². The summed E-state index contributed by atoms with van der Waals surface area (Å²) in [6.45, 7) is 4.85. The zero-order valence-corrected chi connectivity index (χ0v) is 16.9. The van der Waals surface area contributed by atoms with Crippen molar-refractivity contribution < 1.29 is 26.4 Å². The van der Waals surface area contributed by atoms with Gasteiger partial charge in [-0.15, -0.1) is 0 Å². The molecule has 1 fully saturated rings. The van der Waals surface area contributed by atoms with Crippen LogP contribution in [0.5, 0.6) is 0 Å². The molecule has 0 spiro atoms. The van der Waals surface area contributed by atoms with Crippen LogP contribution in [0.4, 0.5) is 13.2 Å². The molecule has 1 aromatic rings. The second kappa shape index (κ2) is 8.82. The summed E-state index contributed by atoms with van der Waals surface area (Å²) in [5.74, 6) is 0.197. The second-order valence-electron chi connectivity index (χ2n) is 7.79. The van der Waals surface area contributed by atoms with Crippen LogP contribution in [0.2, 0.25) is 0 Å². The fourth-order valence-electron chi connectivity index (χ4n) is 3.22. The normalized spacial score (nSPS) is 16.8. The van der Waals surface area contributed by atoms with Crippen molar-refractivity contribution in [3.63, 3.8) is 0 Å². The Labute approximate surface area is 164 Å². The Balaban J connectivity index is 1.98. The molecule has 1 aromatic carbocycles.